The van der Waals surface area contributed by atoms with E-state index in [9.17, 15) is 4.79 Å². The number of aryl methyl sites for hydroxylation is 1. The van der Waals surface area contributed by atoms with Gasteiger partial charge in [0.1, 0.15) is 0 Å². The van der Waals surface area contributed by atoms with Crippen LogP contribution < -0.4 is 10.2 Å². The van der Waals surface area contributed by atoms with Gasteiger partial charge in [0.05, 0.1) is 6.54 Å². The molecule has 0 saturated heterocycles. The van der Waals surface area contributed by atoms with Gasteiger partial charge in [0.15, 0.2) is 0 Å². The molecular weight excluding hydrogens is 236 g/mol. The van der Waals surface area contributed by atoms with E-state index >= 15 is 0 Å². The summed E-state index contributed by atoms with van der Waals surface area (Å²) in [6.07, 6.45) is 3.43. The lowest BCUT2D eigenvalue weighted by Crippen LogP contribution is -2.37. The third-order valence-corrected chi connectivity index (χ3v) is 3.27. The minimum Gasteiger partial charge on any atom is -0.362 e. The summed E-state index contributed by atoms with van der Waals surface area (Å²) >= 11 is 0. The number of benzene rings is 1. The smallest absolute Gasteiger partial charge is 0.239 e. The first-order valence-corrected chi connectivity index (χ1v) is 7.26. The molecule has 0 unspecified atom stereocenters. The molecule has 0 atom stereocenters. The van der Waals surface area contributed by atoms with E-state index in [0.717, 1.165) is 25.2 Å². The average molecular weight is 262 g/mol. The van der Waals surface area contributed by atoms with Gasteiger partial charge in [0, 0.05) is 18.8 Å². The molecule has 3 nitrogen and oxygen atoms in total. The van der Waals surface area contributed by atoms with Crippen molar-refractivity contribution in [3.05, 3.63) is 29.8 Å². The number of carbonyl (C=O) groups excluding carboxylic acids is 1. The number of rotatable bonds is 8. The Morgan fingerprint density at radius 1 is 1.21 bits per heavy atom. The fraction of sp³-hybridized carbons (Fsp3) is 0.562. The highest BCUT2D eigenvalue weighted by molar-refractivity contribution is 5.81. The Labute approximate surface area is 117 Å². The molecule has 0 aliphatic carbocycles. The Hall–Kier alpha value is -1.51. The van der Waals surface area contributed by atoms with Crippen LogP contribution in [0.4, 0.5) is 5.69 Å². The molecule has 0 spiro atoms. The number of para-hydroxylation sites is 1. The van der Waals surface area contributed by atoms with Gasteiger partial charge >= 0.3 is 0 Å². The van der Waals surface area contributed by atoms with Gasteiger partial charge < -0.3 is 10.2 Å². The summed E-state index contributed by atoms with van der Waals surface area (Å²) in [7, 11) is 0. The van der Waals surface area contributed by atoms with Crippen LogP contribution in [0, 0.1) is 6.92 Å². The van der Waals surface area contributed by atoms with Crippen LogP contribution in [0.3, 0.4) is 0 Å². The molecule has 106 valence electrons. The molecule has 1 aromatic carbocycles. The standard InChI is InChI=1S/C16H26N2O/c1-4-6-9-12-17-16(19)13-18(5-2)15-11-8-7-10-14(15)3/h7-8,10-11H,4-6,9,12-13H2,1-3H3,(H,17,19). The molecule has 1 rings (SSSR count). The summed E-state index contributed by atoms with van der Waals surface area (Å²) in [6.45, 7) is 8.39. The Morgan fingerprint density at radius 2 is 1.95 bits per heavy atom. The summed E-state index contributed by atoms with van der Waals surface area (Å²) in [4.78, 5) is 14.0. The van der Waals surface area contributed by atoms with Crippen molar-refractivity contribution >= 4 is 11.6 Å². The van der Waals surface area contributed by atoms with E-state index in [1.807, 2.05) is 12.1 Å². The lowest BCUT2D eigenvalue weighted by atomic mass is 10.2. The van der Waals surface area contributed by atoms with Gasteiger partial charge in [-0.25, -0.2) is 0 Å². The van der Waals surface area contributed by atoms with E-state index in [0.29, 0.717) is 6.54 Å². The van der Waals surface area contributed by atoms with Gasteiger partial charge in [0.2, 0.25) is 5.91 Å². The highest BCUT2D eigenvalue weighted by Gasteiger charge is 2.10. The van der Waals surface area contributed by atoms with Crippen LogP contribution in [-0.2, 0) is 4.79 Å². The van der Waals surface area contributed by atoms with Crippen molar-refractivity contribution in [2.24, 2.45) is 0 Å². The Balaban J connectivity index is 2.48. The molecular formula is C16H26N2O. The molecule has 3 heteroatoms. The SMILES string of the molecule is CCCCCNC(=O)CN(CC)c1ccccc1C. The summed E-state index contributed by atoms with van der Waals surface area (Å²) in [5, 5.41) is 2.99. The lowest BCUT2D eigenvalue weighted by molar-refractivity contribution is -0.119. The summed E-state index contributed by atoms with van der Waals surface area (Å²) < 4.78 is 0. The highest BCUT2D eigenvalue weighted by atomic mass is 16.2. The minimum atomic E-state index is 0.112. The zero-order valence-electron chi connectivity index (χ0n) is 12.4. The van der Waals surface area contributed by atoms with Gasteiger partial charge in [-0.05, 0) is 31.9 Å². The molecule has 0 aromatic heterocycles. The van der Waals surface area contributed by atoms with Crippen LogP contribution in [0.5, 0.6) is 0 Å². The molecule has 0 aliphatic heterocycles. The maximum atomic E-state index is 11.9. The van der Waals surface area contributed by atoms with Crippen molar-refractivity contribution in [2.45, 2.75) is 40.0 Å². The van der Waals surface area contributed by atoms with E-state index in [2.05, 4.69) is 43.1 Å². The van der Waals surface area contributed by atoms with Gasteiger partial charge in [-0.1, -0.05) is 38.0 Å². The van der Waals surface area contributed by atoms with E-state index in [1.165, 1.54) is 18.4 Å². The molecule has 1 aromatic rings. The van der Waals surface area contributed by atoms with E-state index in [4.69, 9.17) is 0 Å². The molecule has 0 radical (unpaired) electrons. The third kappa shape index (κ3) is 5.33. The van der Waals surface area contributed by atoms with Gasteiger partial charge in [-0.3, -0.25) is 4.79 Å². The second kappa shape index (κ2) is 8.57. The minimum absolute atomic E-state index is 0.112. The second-order valence-corrected chi connectivity index (χ2v) is 4.86. The zero-order valence-corrected chi connectivity index (χ0v) is 12.4. The molecule has 1 amide bonds. The maximum Gasteiger partial charge on any atom is 0.239 e. The Kier molecular flexibility index (Phi) is 7.01. The van der Waals surface area contributed by atoms with E-state index in [-0.39, 0.29) is 5.91 Å². The molecule has 0 bridgehead atoms. The molecule has 19 heavy (non-hydrogen) atoms. The highest BCUT2D eigenvalue weighted by Crippen LogP contribution is 2.18. The molecule has 0 saturated carbocycles. The van der Waals surface area contributed by atoms with Crippen LogP contribution in [0.25, 0.3) is 0 Å². The summed E-state index contributed by atoms with van der Waals surface area (Å²) in [6, 6.07) is 8.20. The average Bonchev–Trinajstić information content (AvgIpc) is 2.42. The van der Waals surface area contributed by atoms with Gasteiger partial charge in [0.25, 0.3) is 0 Å². The molecule has 0 fully saturated rings. The number of carbonyl (C=O) groups is 1. The number of nitrogens with one attached hydrogen (secondary N) is 1. The predicted molar refractivity (Wildman–Crippen MR) is 81.6 cm³/mol. The van der Waals surface area contributed by atoms with Gasteiger partial charge in [-0.15, -0.1) is 0 Å². The third-order valence-electron chi connectivity index (χ3n) is 3.27. The van der Waals surface area contributed by atoms with E-state index < -0.39 is 0 Å². The Morgan fingerprint density at radius 3 is 2.58 bits per heavy atom. The number of hydrogen-bond acceptors (Lipinski definition) is 2. The first kappa shape index (κ1) is 15.5. The quantitative estimate of drug-likeness (QED) is 0.730. The van der Waals surface area contributed by atoms with Crippen LogP contribution in [-0.4, -0.2) is 25.5 Å². The summed E-state index contributed by atoms with van der Waals surface area (Å²) in [5.41, 5.74) is 2.36. The number of unbranched alkanes of at least 4 members (excludes halogenated alkanes) is 2. The van der Waals surface area contributed by atoms with Crippen LogP contribution >= 0.6 is 0 Å². The van der Waals surface area contributed by atoms with E-state index in [1.54, 1.807) is 0 Å². The van der Waals surface area contributed by atoms with Crippen molar-refractivity contribution in [3.63, 3.8) is 0 Å². The fourth-order valence-electron chi connectivity index (χ4n) is 2.12. The van der Waals surface area contributed by atoms with Gasteiger partial charge in [-0.2, -0.15) is 0 Å². The largest absolute Gasteiger partial charge is 0.362 e. The molecule has 1 N–H and O–H groups in total. The first-order chi connectivity index (χ1) is 9.19. The topological polar surface area (TPSA) is 32.3 Å². The van der Waals surface area contributed by atoms with Crippen molar-refractivity contribution in [3.8, 4) is 0 Å². The van der Waals surface area contributed by atoms with Crippen molar-refractivity contribution in [1.29, 1.82) is 0 Å². The number of amides is 1. The number of nitrogens with zero attached hydrogens (tertiary/aromatic N) is 1. The van der Waals surface area contributed by atoms with Crippen LogP contribution in [0.2, 0.25) is 0 Å². The predicted octanol–water partition coefficient (Wildman–Crippen LogP) is 3.13. The van der Waals surface area contributed by atoms with Crippen molar-refractivity contribution in [1.82, 2.24) is 5.32 Å². The number of anilines is 1. The monoisotopic (exact) mass is 262 g/mol. The zero-order chi connectivity index (χ0) is 14.1. The number of hydrogen-bond donors (Lipinski definition) is 1. The fourth-order valence-corrected chi connectivity index (χ4v) is 2.12. The maximum absolute atomic E-state index is 11.9. The van der Waals surface area contributed by atoms with Crippen LogP contribution in [0.1, 0.15) is 38.7 Å². The second-order valence-electron chi connectivity index (χ2n) is 4.86. The van der Waals surface area contributed by atoms with Crippen molar-refractivity contribution < 1.29 is 4.79 Å². The molecule has 0 heterocycles. The first-order valence-electron chi connectivity index (χ1n) is 7.26. The lowest BCUT2D eigenvalue weighted by Gasteiger charge is -2.24. The number of likely N-dealkylation sites (N-methyl/N-ethyl adjacent to an activating group) is 1. The van der Waals surface area contributed by atoms with Crippen LogP contribution in [0.15, 0.2) is 24.3 Å². The normalized spacial score (nSPS) is 10.3. The van der Waals surface area contributed by atoms with Crippen molar-refractivity contribution in [2.75, 3.05) is 24.5 Å². The molecule has 0 aliphatic rings. The summed E-state index contributed by atoms with van der Waals surface area (Å²) in [5.74, 6) is 0.112. The Bertz CT molecular complexity index is 390.